The van der Waals surface area contributed by atoms with Gasteiger partial charge in [-0.2, -0.15) is 0 Å². The normalized spacial score (nSPS) is 16.6. The first-order chi connectivity index (χ1) is 16.5. The van der Waals surface area contributed by atoms with Crippen LogP contribution in [0.3, 0.4) is 0 Å². The second-order valence-corrected chi connectivity index (χ2v) is 9.37. The fourth-order valence-electron chi connectivity index (χ4n) is 4.99. The van der Waals surface area contributed by atoms with Crippen molar-refractivity contribution < 1.29 is 4.79 Å². The maximum Gasteiger partial charge on any atom is 0.224 e. The average Bonchev–Trinajstić information content (AvgIpc) is 3.14. The Kier molecular flexibility index (Phi) is 5.11. The van der Waals surface area contributed by atoms with Gasteiger partial charge in [-0.3, -0.25) is 9.36 Å². The van der Waals surface area contributed by atoms with E-state index in [9.17, 15) is 4.79 Å². The molecule has 0 fully saturated rings. The number of aromatic nitrogens is 3. The van der Waals surface area contributed by atoms with Gasteiger partial charge in [-0.1, -0.05) is 23.7 Å². The maximum atomic E-state index is 11.7. The molecule has 1 atom stereocenters. The molecule has 34 heavy (non-hydrogen) atoms. The van der Waals surface area contributed by atoms with Crippen molar-refractivity contribution in [3.05, 3.63) is 88.5 Å². The third-order valence-electron chi connectivity index (χ3n) is 6.71. The minimum absolute atomic E-state index is 0.0847. The van der Waals surface area contributed by atoms with Crippen molar-refractivity contribution in [3.8, 4) is 16.8 Å². The van der Waals surface area contributed by atoms with Crippen LogP contribution in [0.4, 0.5) is 11.4 Å². The Morgan fingerprint density at radius 2 is 1.76 bits per heavy atom. The third kappa shape index (κ3) is 3.74. The van der Waals surface area contributed by atoms with E-state index in [-0.39, 0.29) is 11.9 Å². The van der Waals surface area contributed by atoms with Crippen molar-refractivity contribution in [2.45, 2.75) is 38.6 Å². The molecule has 2 aliphatic rings. The number of carbonyl (C=O) groups is 1. The van der Waals surface area contributed by atoms with Crippen LogP contribution in [0.1, 0.15) is 41.7 Å². The lowest BCUT2D eigenvalue weighted by atomic mass is 9.93. The van der Waals surface area contributed by atoms with Crippen molar-refractivity contribution in [3.63, 3.8) is 0 Å². The van der Waals surface area contributed by atoms with Gasteiger partial charge in [-0.25, -0.2) is 0 Å². The Balaban J connectivity index is 1.44. The summed E-state index contributed by atoms with van der Waals surface area (Å²) in [4.78, 5) is 11.7. The van der Waals surface area contributed by atoms with Gasteiger partial charge in [-0.05, 0) is 90.6 Å². The predicted molar refractivity (Wildman–Crippen MR) is 135 cm³/mol. The summed E-state index contributed by atoms with van der Waals surface area (Å²) < 4.78 is 2.17. The van der Waals surface area contributed by atoms with E-state index in [1.54, 1.807) is 0 Å². The van der Waals surface area contributed by atoms with E-state index in [1.807, 2.05) is 37.3 Å². The number of halogens is 1. The maximum absolute atomic E-state index is 11.7. The molecule has 0 aliphatic carbocycles. The smallest absolute Gasteiger partial charge is 0.224 e. The highest BCUT2D eigenvalue weighted by Gasteiger charge is 2.25. The fraction of sp³-hybridized carbons (Fsp3) is 0.222. The molecule has 170 valence electrons. The lowest BCUT2D eigenvalue weighted by molar-refractivity contribution is -0.116. The zero-order chi connectivity index (χ0) is 23.2. The van der Waals surface area contributed by atoms with E-state index in [0.717, 1.165) is 64.1 Å². The first-order valence-electron chi connectivity index (χ1n) is 11.6. The van der Waals surface area contributed by atoms with Crippen LogP contribution in [0, 0.1) is 6.92 Å². The van der Waals surface area contributed by atoms with Crippen molar-refractivity contribution in [2.75, 3.05) is 10.6 Å². The molecule has 2 N–H and O–H groups in total. The van der Waals surface area contributed by atoms with Crippen molar-refractivity contribution in [1.82, 2.24) is 14.8 Å². The molecule has 2 aliphatic heterocycles. The van der Waals surface area contributed by atoms with E-state index in [2.05, 4.69) is 55.7 Å². The topological polar surface area (TPSA) is 71.8 Å². The van der Waals surface area contributed by atoms with Crippen molar-refractivity contribution in [1.29, 1.82) is 0 Å². The number of aryl methyl sites for hydroxylation is 3. The number of amides is 1. The Hall–Kier alpha value is -3.64. The highest BCUT2D eigenvalue weighted by Crippen LogP contribution is 2.37. The summed E-state index contributed by atoms with van der Waals surface area (Å²) in [7, 11) is 0. The van der Waals surface area contributed by atoms with E-state index in [1.165, 1.54) is 11.1 Å². The standard InChI is InChI=1S/C27H24ClN5O/c1-16-31-32-26-12-10-24(29-21-7-5-20(28)6-8-21)22-15-18(3-11-25(22)33(16)26)17-2-9-23-19(14-17)4-13-27(34)30-23/h2-3,5-9,11,14-15,24,29H,4,10,12-13H2,1H3,(H,30,34). The highest BCUT2D eigenvalue weighted by molar-refractivity contribution is 6.30. The number of nitrogens with one attached hydrogen (secondary N) is 2. The van der Waals surface area contributed by atoms with Gasteiger partial charge in [0.05, 0.1) is 11.7 Å². The Labute approximate surface area is 203 Å². The van der Waals surface area contributed by atoms with Gasteiger partial charge >= 0.3 is 0 Å². The van der Waals surface area contributed by atoms with Gasteiger partial charge in [0, 0.05) is 29.2 Å². The number of hydrogen-bond donors (Lipinski definition) is 2. The molecule has 3 heterocycles. The van der Waals surface area contributed by atoms with Crippen LogP contribution in [-0.4, -0.2) is 20.7 Å². The number of anilines is 2. The van der Waals surface area contributed by atoms with Crippen LogP contribution < -0.4 is 10.6 Å². The summed E-state index contributed by atoms with van der Waals surface area (Å²) in [5.74, 6) is 1.96. The van der Waals surface area contributed by atoms with Gasteiger partial charge in [0.25, 0.3) is 0 Å². The molecule has 6 rings (SSSR count). The molecule has 3 aromatic carbocycles. The first kappa shape index (κ1) is 20.9. The molecule has 7 heteroatoms. The van der Waals surface area contributed by atoms with E-state index in [0.29, 0.717) is 6.42 Å². The number of nitrogens with zero attached hydrogens (tertiary/aromatic N) is 3. The summed E-state index contributed by atoms with van der Waals surface area (Å²) >= 11 is 6.10. The van der Waals surface area contributed by atoms with Gasteiger partial charge in [0.15, 0.2) is 0 Å². The van der Waals surface area contributed by atoms with Gasteiger partial charge in [0.1, 0.15) is 11.6 Å². The van der Waals surface area contributed by atoms with Crippen LogP contribution in [0.5, 0.6) is 0 Å². The summed E-state index contributed by atoms with van der Waals surface area (Å²) in [6.07, 6.45) is 3.02. The lowest BCUT2D eigenvalue weighted by Gasteiger charge is -2.22. The molecule has 4 aromatic rings. The van der Waals surface area contributed by atoms with Crippen LogP contribution in [0.15, 0.2) is 60.7 Å². The molecule has 1 aromatic heterocycles. The quantitative estimate of drug-likeness (QED) is 0.393. The second kappa shape index (κ2) is 8.29. The van der Waals surface area contributed by atoms with Crippen molar-refractivity contribution in [2.24, 2.45) is 0 Å². The number of rotatable bonds is 3. The monoisotopic (exact) mass is 469 g/mol. The zero-order valence-electron chi connectivity index (χ0n) is 18.8. The molecular weight excluding hydrogens is 446 g/mol. The van der Waals surface area contributed by atoms with Gasteiger partial charge < -0.3 is 10.6 Å². The first-order valence-corrected chi connectivity index (χ1v) is 11.9. The second-order valence-electron chi connectivity index (χ2n) is 8.94. The molecule has 0 spiro atoms. The van der Waals surface area contributed by atoms with E-state index >= 15 is 0 Å². The van der Waals surface area contributed by atoms with Crippen LogP contribution >= 0.6 is 11.6 Å². The van der Waals surface area contributed by atoms with Crippen molar-refractivity contribution >= 4 is 28.9 Å². The molecule has 0 saturated carbocycles. The molecule has 0 bridgehead atoms. The Morgan fingerprint density at radius 3 is 2.62 bits per heavy atom. The SMILES string of the molecule is Cc1nnc2n1-c1ccc(-c3ccc4c(c3)CCC(=O)N4)cc1C(Nc1ccc(Cl)cc1)CC2. The average molecular weight is 470 g/mol. The number of hydrogen-bond acceptors (Lipinski definition) is 4. The Morgan fingerprint density at radius 1 is 0.971 bits per heavy atom. The largest absolute Gasteiger partial charge is 0.378 e. The summed E-state index contributed by atoms with van der Waals surface area (Å²) in [6, 6.07) is 20.9. The molecule has 1 amide bonds. The zero-order valence-corrected chi connectivity index (χ0v) is 19.6. The predicted octanol–water partition coefficient (Wildman–Crippen LogP) is 5.88. The van der Waals surface area contributed by atoms with Crippen LogP contribution in [-0.2, 0) is 17.6 Å². The third-order valence-corrected chi connectivity index (χ3v) is 6.96. The summed E-state index contributed by atoms with van der Waals surface area (Å²) in [6.45, 7) is 2.00. The Bertz CT molecular complexity index is 1410. The highest BCUT2D eigenvalue weighted by atomic mass is 35.5. The molecular formula is C27H24ClN5O. The summed E-state index contributed by atoms with van der Waals surface area (Å²) in [5.41, 5.74) is 7.74. The van der Waals surface area contributed by atoms with E-state index in [4.69, 9.17) is 11.6 Å². The lowest BCUT2D eigenvalue weighted by Crippen LogP contribution is -2.18. The fourth-order valence-corrected chi connectivity index (χ4v) is 5.11. The molecule has 0 radical (unpaired) electrons. The minimum atomic E-state index is 0.0847. The number of fused-ring (bicyclic) bond motifs is 4. The van der Waals surface area contributed by atoms with E-state index < -0.39 is 0 Å². The number of benzene rings is 3. The summed E-state index contributed by atoms with van der Waals surface area (Å²) in [5, 5.41) is 16.2. The van der Waals surface area contributed by atoms with Crippen LogP contribution in [0.25, 0.3) is 16.8 Å². The van der Waals surface area contributed by atoms with Gasteiger partial charge in [-0.15, -0.1) is 10.2 Å². The minimum Gasteiger partial charge on any atom is -0.378 e. The molecule has 1 unspecified atom stereocenters. The molecule has 0 saturated heterocycles. The van der Waals surface area contributed by atoms with Crippen LogP contribution in [0.2, 0.25) is 5.02 Å². The number of carbonyl (C=O) groups excluding carboxylic acids is 1. The van der Waals surface area contributed by atoms with Gasteiger partial charge in [0.2, 0.25) is 5.91 Å². The molecule has 6 nitrogen and oxygen atoms in total.